The minimum atomic E-state index is -0.602. The first-order chi connectivity index (χ1) is 6.27. The lowest BCUT2D eigenvalue weighted by Gasteiger charge is -2.04. The highest BCUT2D eigenvalue weighted by Crippen LogP contribution is 2.08. The molecule has 0 saturated heterocycles. The van der Waals surface area contributed by atoms with Crippen molar-refractivity contribution in [2.45, 2.75) is 13.6 Å². The largest absolute Gasteiger partial charge is 0.491 e. The van der Waals surface area contributed by atoms with Crippen molar-refractivity contribution >= 4 is 5.76 Å². The number of rotatable bonds is 4. The first-order valence-electron chi connectivity index (χ1n) is 3.98. The standard InChI is InChI=1S/C9H11FN2O/c1-3-13-7(2)9-11-5-4-8(6-10)12-9/h4-5H,2-3,6H2,1H3. The van der Waals surface area contributed by atoms with Crippen molar-refractivity contribution in [2.24, 2.45) is 0 Å². The van der Waals surface area contributed by atoms with E-state index in [4.69, 9.17) is 4.74 Å². The molecule has 0 aliphatic carbocycles. The minimum Gasteiger partial charge on any atom is -0.491 e. The van der Waals surface area contributed by atoms with E-state index in [-0.39, 0.29) is 0 Å². The predicted molar refractivity (Wildman–Crippen MR) is 47.5 cm³/mol. The van der Waals surface area contributed by atoms with Crippen molar-refractivity contribution in [3.63, 3.8) is 0 Å². The second-order valence-electron chi connectivity index (χ2n) is 2.36. The van der Waals surface area contributed by atoms with Gasteiger partial charge in [-0.15, -0.1) is 0 Å². The molecule has 0 aromatic carbocycles. The van der Waals surface area contributed by atoms with Crippen LogP contribution in [0.2, 0.25) is 0 Å². The van der Waals surface area contributed by atoms with Crippen LogP contribution in [0.1, 0.15) is 18.4 Å². The van der Waals surface area contributed by atoms with Gasteiger partial charge in [0.1, 0.15) is 6.67 Å². The van der Waals surface area contributed by atoms with Gasteiger partial charge >= 0.3 is 0 Å². The van der Waals surface area contributed by atoms with Gasteiger partial charge < -0.3 is 4.74 Å². The molecule has 0 saturated carbocycles. The molecule has 0 amide bonds. The number of hydrogen-bond donors (Lipinski definition) is 0. The Kier molecular flexibility index (Phi) is 3.37. The van der Waals surface area contributed by atoms with Gasteiger partial charge in [0.25, 0.3) is 0 Å². The van der Waals surface area contributed by atoms with Gasteiger partial charge in [-0.2, -0.15) is 0 Å². The Hall–Kier alpha value is -1.45. The molecule has 1 aromatic heterocycles. The van der Waals surface area contributed by atoms with Crippen molar-refractivity contribution in [3.8, 4) is 0 Å². The molecule has 1 heterocycles. The Morgan fingerprint density at radius 2 is 2.46 bits per heavy atom. The van der Waals surface area contributed by atoms with Gasteiger partial charge in [-0.1, -0.05) is 6.58 Å². The lowest BCUT2D eigenvalue weighted by molar-refractivity contribution is 0.296. The Morgan fingerprint density at radius 3 is 3.08 bits per heavy atom. The summed E-state index contributed by atoms with van der Waals surface area (Å²) in [6, 6.07) is 1.52. The van der Waals surface area contributed by atoms with E-state index < -0.39 is 6.67 Å². The van der Waals surface area contributed by atoms with Crippen molar-refractivity contribution in [3.05, 3.63) is 30.4 Å². The van der Waals surface area contributed by atoms with Crippen LogP contribution in [0.15, 0.2) is 18.8 Å². The van der Waals surface area contributed by atoms with Crippen molar-refractivity contribution in [1.82, 2.24) is 9.97 Å². The smallest absolute Gasteiger partial charge is 0.194 e. The maximum atomic E-state index is 12.2. The zero-order valence-electron chi connectivity index (χ0n) is 7.46. The summed E-state index contributed by atoms with van der Waals surface area (Å²) in [6.45, 7) is 5.36. The van der Waals surface area contributed by atoms with Gasteiger partial charge in [-0.05, 0) is 13.0 Å². The van der Waals surface area contributed by atoms with Crippen LogP contribution in [0.5, 0.6) is 0 Å². The molecular formula is C9H11FN2O. The quantitative estimate of drug-likeness (QED) is 0.667. The van der Waals surface area contributed by atoms with E-state index >= 15 is 0 Å². The second kappa shape index (κ2) is 4.54. The molecule has 13 heavy (non-hydrogen) atoms. The van der Waals surface area contributed by atoms with Gasteiger partial charge in [0.15, 0.2) is 11.6 Å². The Morgan fingerprint density at radius 1 is 1.69 bits per heavy atom. The molecule has 0 N–H and O–H groups in total. The summed E-state index contributed by atoms with van der Waals surface area (Å²) in [6.07, 6.45) is 1.49. The maximum Gasteiger partial charge on any atom is 0.194 e. The number of hydrogen-bond acceptors (Lipinski definition) is 3. The number of halogens is 1. The third-order valence-electron chi connectivity index (χ3n) is 1.42. The summed E-state index contributed by atoms with van der Waals surface area (Å²) in [5.74, 6) is 0.717. The topological polar surface area (TPSA) is 35.0 Å². The normalized spacial score (nSPS) is 9.69. The van der Waals surface area contributed by atoms with E-state index in [2.05, 4.69) is 16.5 Å². The molecule has 0 radical (unpaired) electrons. The van der Waals surface area contributed by atoms with Crippen LogP contribution in [0, 0.1) is 0 Å². The zero-order chi connectivity index (χ0) is 9.68. The number of nitrogens with zero attached hydrogens (tertiary/aromatic N) is 2. The molecule has 0 aliphatic rings. The Labute approximate surface area is 76.3 Å². The van der Waals surface area contributed by atoms with Crippen molar-refractivity contribution in [1.29, 1.82) is 0 Å². The lowest BCUT2D eigenvalue weighted by atomic mass is 10.4. The fourth-order valence-corrected chi connectivity index (χ4v) is 0.844. The number of aromatic nitrogens is 2. The van der Waals surface area contributed by atoms with Crippen molar-refractivity contribution in [2.75, 3.05) is 6.61 Å². The first kappa shape index (κ1) is 9.64. The highest BCUT2D eigenvalue weighted by molar-refractivity contribution is 5.49. The zero-order valence-corrected chi connectivity index (χ0v) is 7.46. The molecule has 1 aromatic rings. The van der Waals surface area contributed by atoms with E-state index in [9.17, 15) is 4.39 Å². The van der Waals surface area contributed by atoms with Gasteiger partial charge in [0, 0.05) is 6.20 Å². The summed E-state index contributed by atoms with van der Waals surface area (Å²) < 4.78 is 17.3. The van der Waals surface area contributed by atoms with E-state index in [0.717, 1.165) is 0 Å². The molecule has 0 fully saturated rings. The van der Waals surface area contributed by atoms with Crippen LogP contribution >= 0.6 is 0 Å². The molecule has 3 nitrogen and oxygen atoms in total. The Bertz CT molecular complexity index is 301. The van der Waals surface area contributed by atoms with E-state index in [1.54, 1.807) is 0 Å². The van der Waals surface area contributed by atoms with Crippen LogP contribution < -0.4 is 0 Å². The SMILES string of the molecule is C=C(OCC)c1nccc(CF)n1. The summed E-state index contributed by atoms with van der Waals surface area (Å²) in [5.41, 5.74) is 0.339. The highest BCUT2D eigenvalue weighted by Gasteiger charge is 2.03. The van der Waals surface area contributed by atoms with Gasteiger partial charge in [-0.3, -0.25) is 0 Å². The maximum absolute atomic E-state index is 12.2. The second-order valence-corrected chi connectivity index (χ2v) is 2.36. The molecule has 0 spiro atoms. The van der Waals surface area contributed by atoms with E-state index in [1.165, 1.54) is 12.3 Å². The third kappa shape index (κ3) is 2.50. The third-order valence-corrected chi connectivity index (χ3v) is 1.42. The van der Waals surface area contributed by atoms with Crippen molar-refractivity contribution < 1.29 is 9.13 Å². The van der Waals surface area contributed by atoms with Gasteiger partial charge in [-0.25, -0.2) is 14.4 Å². The van der Waals surface area contributed by atoms with Crippen LogP contribution in [0.4, 0.5) is 4.39 Å². The average molecular weight is 182 g/mol. The molecule has 0 unspecified atom stereocenters. The van der Waals surface area contributed by atoms with E-state index in [0.29, 0.717) is 23.9 Å². The number of alkyl halides is 1. The van der Waals surface area contributed by atoms with Crippen LogP contribution in [-0.4, -0.2) is 16.6 Å². The minimum absolute atomic E-state index is 0.339. The molecule has 4 heteroatoms. The monoisotopic (exact) mass is 182 g/mol. The lowest BCUT2D eigenvalue weighted by Crippen LogP contribution is -1.99. The number of ether oxygens (including phenoxy) is 1. The average Bonchev–Trinajstić information content (AvgIpc) is 2.18. The highest BCUT2D eigenvalue weighted by atomic mass is 19.1. The van der Waals surface area contributed by atoms with E-state index in [1.807, 2.05) is 6.92 Å². The fourth-order valence-electron chi connectivity index (χ4n) is 0.844. The Balaban J connectivity index is 2.82. The molecule has 1 rings (SSSR count). The predicted octanol–water partition coefficient (Wildman–Crippen LogP) is 1.95. The molecule has 0 aliphatic heterocycles. The summed E-state index contributed by atoms with van der Waals surface area (Å²) in [5, 5.41) is 0. The van der Waals surface area contributed by atoms with Crippen LogP contribution in [0.3, 0.4) is 0 Å². The first-order valence-corrected chi connectivity index (χ1v) is 3.98. The van der Waals surface area contributed by atoms with Gasteiger partial charge in [0.2, 0.25) is 0 Å². The van der Waals surface area contributed by atoms with Crippen LogP contribution in [0.25, 0.3) is 5.76 Å². The summed E-state index contributed by atoms with van der Waals surface area (Å²) in [7, 11) is 0. The summed E-state index contributed by atoms with van der Waals surface area (Å²) >= 11 is 0. The van der Waals surface area contributed by atoms with Gasteiger partial charge in [0.05, 0.1) is 12.3 Å². The molecule has 70 valence electrons. The molecule has 0 atom stereocenters. The van der Waals surface area contributed by atoms with Crippen LogP contribution in [-0.2, 0) is 11.4 Å². The molecular weight excluding hydrogens is 171 g/mol. The fraction of sp³-hybridized carbons (Fsp3) is 0.333. The molecule has 0 bridgehead atoms. The summed E-state index contributed by atoms with van der Waals surface area (Å²) in [4.78, 5) is 7.80.